The molecule has 0 aromatic heterocycles. The molecule has 1 amide bonds. The second-order valence-corrected chi connectivity index (χ2v) is 7.61. The highest BCUT2D eigenvalue weighted by Crippen LogP contribution is 2.20. The predicted molar refractivity (Wildman–Crippen MR) is 73.6 cm³/mol. The molecule has 0 aliphatic heterocycles. The van der Waals surface area contributed by atoms with Crippen LogP contribution >= 0.6 is 0 Å². The van der Waals surface area contributed by atoms with E-state index in [2.05, 4.69) is 4.74 Å². The van der Waals surface area contributed by atoms with Crippen molar-refractivity contribution < 1.29 is 27.5 Å². The van der Waals surface area contributed by atoms with Crippen LogP contribution in [-0.2, 0) is 24.3 Å². The largest absolute Gasteiger partial charge is 0.467 e. The molecule has 0 saturated heterocycles. The topological polar surface area (TPSA) is 90.0 Å². The zero-order valence-corrected chi connectivity index (χ0v) is 13.8. The van der Waals surface area contributed by atoms with Gasteiger partial charge in [0.25, 0.3) is 0 Å². The maximum absolute atomic E-state index is 12.1. The van der Waals surface area contributed by atoms with E-state index in [0.29, 0.717) is 4.31 Å². The molecule has 8 heteroatoms. The minimum absolute atomic E-state index is 0.439. The Balaban J connectivity index is 5.67. The summed E-state index contributed by atoms with van der Waals surface area (Å²) in [6, 6.07) is -1.26. The molecule has 0 aromatic carbocycles. The summed E-state index contributed by atoms with van der Waals surface area (Å²) in [5.74, 6) is -1.26. The normalized spacial score (nSPS) is 13.8. The predicted octanol–water partition coefficient (Wildman–Crippen LogP) is 1.38. The van der Waals surface area contributed by atoms with E-state index in [9.17, 15) is 18.0 Å². The van der Waals surface area contributed by atoms with Gasteiger partial charge >= 0.3 is 12.1 Å². The number of ether oxygens (including phenoxy) is 2. The molecule has 118 valence electrons. The first kappa shape index (κ1) is 18.7. The number of methoxy groups -OCH3 is 1. The van der Waals surface area contributed by atoms with Gasteiger partial charge in [0.15, 0.2) is 6.04 Å². The fourth-order valence-corrected chi connectivity index (χ4v) is 2.57. The Bertz CT molecular complexity index is 463. The first-order valence-corrected chi connectivity index (χ1v) is 7.96. The average molecular weight is 309 g/mol. The minimum Gasteiger partial charge on any atom is -0.467 e. The van der Waals surface area contributed by atoms with Crippen LogP contribution in [0, 0.1) is 5.92 Å². The van der Waals surface area contributed by atoms with Crippen LogP contribution in [0.15, 0.2) is 0 Å². The lowest BCUT2D eigenvalue weighted by molar-refractivity contribution is -0.146. The summed E-state index contributed by atoms with van der Waals surface area (Å²) in [5, 5.41) is 0. The average Bonchev–Trinajstić information content (AvgIpc) is 2.19. The van der Waals surface area contributed by atoms with Gasteiger partial charge in [-0.15, -0.1) is 0 Å². The summed E-state index contributed by atoms with van der Waals surface area (Å²) in [6.07, 6.45) is -0.251. The lowest BCUT2D eigenvalue weighted by Crippen LogP contribution is -2.52. The molecule has 7 nitrogen and oxygen atoms in total. The number of carbonyl (C=O) groups excluding carboxylic acids is 2. The summed E-state index contributed by atoms with van der Waals surface area (Å²) >= 11 is 0. The van der Waals surface area contributed by atoms with Gasteiger partial charge in [-0.05, 0) is 26.7 Å². The highest BCUT2D eigenvalue weighted by Gasteiger charge is 2.41. The number of hydrogen-bond donors (Lipinski definition) is 0. The van der Waals surface area contributed by atoms with Gasteiger partial charge in [0.05, 0.1) is 13.4 Å². The van der Waals surface area contributed by atoms with Crippen molar-refractivity contribution in [3.8, 4) is 0 Å². The number of amides is 1. The summed E-state index contributed by atoms with van der Waals surface area (Å²) < 4.78 is 33.8. The second-order valence-electron chi connectivity index (χ2n) is 5.75. The van der Waals surface area contributed by atoms with Gasteiger partial charge in [0.2, 0.25) is 10.0 Å². The molecule has 20 heavy (non-hydrogen) atoms. The standard InChI is InChI=1S/C12H23NO6S/c1-8(2)9(10(14)18-6)13(20(7,16)17)11(15)19-12(3,4)5/h8-9H,1-7H3/t9-/m0/s1. The number of hydrogen-bond acceptors (Lipinski definition) is 6. The number of carbonyl (C=O) groups is 2. The van der Waals surface area contributed by atoms with Crippen LogP contribution in [0.5, 0.6) is 0 Å². The highest BCUT2D eigenvalue weighted by molar-refractivity contribution is 7.88. The van der Waals surface area contributed by atoms with Gasteiger partial charge in [-0.25, -0.2) is 18.0 Å². The molecule has 0 N–H and O–H groups in total. The van der Waals surface area contributed by atoms with Gasteiger partial charge in [-0.1, -0.05) is 13.8 Å². The van der Waals surface area contributed by atoms with E-state index >= 15 is 0 Å². The number of rotatable bonds is 4. The first-order valence-electron chi connectivity index (χ1n) is 6.11. The van der Waals surface area contributed by atoms with Crippen molar-refractivity contribution in [1.82, 2.24) is 4.31 Å². The Morgan fingerprint density at radius 1 is 1.15 bits per heavy atom. The van der Waals surface area contributed by atoms with E-state index in [-0.39, 0.29) is 0 Å². The summed E-state index contributed by atoms with van der Waals surface area (Å²) in [7, 11) is -2.85. The van der Waals surface area contributed by atoms with Gasteiger partial charge in [-0.3, -0.25) is 0 Å². The summed E-state index contributed by atoms with van der Waals surface area (Å²) in [5.41, 5.74) is -0.877. The molecule has 0 spiro atoms. The quantitative estimate of drug-likeness (QED) is 0.729. The molecule has 0 rings (SSSR count). The second kappa shape index (κ2) is 6.43. The fraction of sp³-hybridized carbons (Fsp3) is 0.833. The van der Waals surface area contributed by atoms with E-state index in [4.69, 9.17) is 4.74 Å². The zero-order valence-electron chi connectivity index (χ0n) is 13.0. The monoisotopic (exact) mass is 309 g/mol. The van der Waals surface area contributed by atoms with Crippen molar-refractivity contribution in [2.24, 2.45) is 5.92 Å². The molecular formula is C12H23NO6S. The molecule has 0 aromatic rings. The number of sulfonamides is 1. The maximum Gasteiger partial charge on any atom is 0.424 e. The van der Waals surface area contributed by atoms with Crippen LogP contribution in [-0.4, -0.2) is 49.8 Å². The van der Waals surface area contributed by atoms with Crippen LogP contribution in [0.1, 0.15) is 34.6 Å². The van der Waals surface area contributed by atoms with Gasteiger partial charge in [0.1, 0.15) is 5.60 Å². The third-order valence-corrected chi connectivity index (χ3v) is 3.35. The third kappa shape index (κ3) is 5.36. The maximum atomic E-state index is 12.1. The Morgan fingerprint density at radius 2 is 1.60 bits per heavy atom. The SMILES string of the molecule is COC(=O)[C@H](C(C)C)N(C(=O)OC(C)(C)C)S(C)(=O)=O. The molecule has 0 bridgehead atoms. The molecular weight excluding hydrogens is 286 g/mol. The molecule has 1 atom stereocenters. The molecule has 0 unspecified atom stereocenters. The van der Waals surface area contributed by atoms with Crippen LogP contribution in [0.2, 0.25) is 0 Å². The highest BCUT2D eigenvalue weighted by atomic mass is 32.2. The molecule has 0 fully saturated rings. The van der Waals surface area contributed by atoms with E-state index in [1.807, 2.05) is 0 Å². The third-order valence-electron chi connectivity index (χ3n) is 2.26. The molecule has 0 radical (unpaired) electrons. The first-order chi connectivity index (χ1) is 8.81. The van der Waals surface area contributed by atoms with Crippen LogP contribution in [0.4, 0.5) is 4.79 Å². The number of esters is 1. The van der Waals surface area contributed by atoms with E-state index in [0.717, 1.165) is 13.4 Å². The van der Waals surface area contributed by atoms with Crippen LogP contribution in [0.25, 0.3) is 0 Å². The Kier molecular flexibility index (Phi) is 6.01. The zero-order chi connectivity index (χ0) is 16.3. The molecule has 0 aliphatic rings. The number of nitrogens with zero attached hydrogens (tertiary/aromatic N) is 1. The smallest absolute Gasteiger partial charge is 0.424 e. The van der Waals surface area contributed by atoms with Gasteiger partial charge in [-0.2, -0.15) is 4.31 Å². The van der Waals surface area contributed by atoms with E-state index in [1.54, 1.807) is 34.6 Å². The van der Waals surface area contributed by atoms with Crippen molar-refractivity contribution in [1.29, 1.82) is 0 Å². The minimum atomic E-state index is -3.98. The Labute approximate surface area is 120 Å². The molecule has 0 aliphatic carbocycles. The lowest BCUT2D eigenvalue weighted by Gasteiger charge is -2.32. The van der Waals surface area contributed by atoms with Crippen molar-refractivity contribution in [3.63, 3.8) is 0 Å². The van der Waals surface area contributed by atoms with Crippen molar-refractivity contribution in [3.05, 3.63) is 0 Å². The van der Waals surface area contributed by atoms with Gasteiger partial charge < -0.3 is 9.47 Å². The van der Waals surface area contributed by atoms with Crippen molar-refractivity contribution in [2.45, 2.75) is 46.3 Å². The van der Waals surface area contributed by atoms with Crippen molar-refractivity contribution >= 4 is 22.1 Å². The van der Waals surface area contributed by atoms with Gasteiger partial charge in [0, 0.05) is 0 Å². The van der Waals surface area contributed by atoms with Crippen LogP contribution < -0.4 is 0 Å². The lowest BCUT2D eigenvalue weighted by atomic mass is 10.1. The fourth-order valence-electron chi connectivity index (χ4n) is 1.52. The van der Waals surface area contributed by atoms with E-state index < -0.39 is 39.6 Å². The summed E-state index contributed by atoms with van der Waals surface area (Å²) in [6.45, 7) is 8.05. The van der Waals surface area contributed by atoms with Crippen LogP contribution in [0.3, 0.4) is 0 Å². The Hall–Kier alpha value is -1.31. The van der Waals surface area contributed by atoms with Crippen molar-refractivity contribution in [2.75, 3.05) is 13.4 Å². The molecule has 0 saturated carbocycles. The summed E-state index contributed by atoms with van der Waals surface area (Å²) in [4.78, 5) is 23.9. The molecule has 0 heterocycles. The Morgan fingerprint density at radius 3 is 1.85 bits per heavy atom. The van der Waals surface area contributed by atoms with E-state index in [1.165, 1.54) is 0 Å².